The summed E-state index contributed by atoms with van der Waals surface area (Å²) in [6.45, 7) is 0.534. The molecule has 0 radical (unpaired) electrons. The van der Waals surface area contributed by atoms with Gasteiger partial charge < -0.3 is 19.2 Å². The van der Waals surface area contributed by atoms with Crippen LogP contribution in [0.25, 0.3) is 5.69 Å². The Labute approximate surface area is 195 Å². The van der Waals surface area contributed by atoms with E-state index in [9.17, 15) is 0 Å². The molecule has 0 amide bonds. The molecule has 31 heavy (non-hydrogen) atoms. The zero-order valence-corrected chi connectivity index (χ0v) is 18.6. The van der Waals surface area contributed by atoms with Crippen molar-refractivity contribution in [2.24, 2.45) is 0 Å². The van der Waals surface area contributed by atoms with Crippen LogP contribution in [0.5, 0.6) is 0 Å². The molecule has 1 fully saturated rings. The van der Waals surface area contributed by atoms with Crippen LogP contribution in [-0.4, -0.2) is 19.6 Å². The summed E-state index contributed by atoms with van der Waals surface area (Å²) in [7, 11) is 0. The Morgan fingerprint density at radius 2 is 1.97 bits per heavy atom. The smallest absolute Gasteiger partial charge is 0.170 e. The monoisotopic (exact) mass is 468 g/mol. The first-order valence-electron chi connectivity index (χ1n) is 9.75. The highest BCUT2D eigenvalue weighted by Crippen LogP contribution is 2.41. The number of halogens is 2. The molecule has 4 heterocycles. The van der Waals surface area contributed by atoms with Gasteiger partial charge in [0.1, 0.15) is 5.76 Å². The molecule has 2 atom stereocenters. The molecular weight excluding hydrogens is 451 g/mol. The highest BCUT2D eigenvalue weighted by atomic mass is 35.5. The highest BCUT2D eigenvalue weighted by molar-refractivity contribution is 7.80. The first kappa shape index (κ1) is 20.1. The van der Waals surface area contributed by atoms with Crippen LogP contribution in [-0.2, 0) is 6.54 Å². The second-order valence-corrected chi connectivity index (χ2v) is 8.46. The summed E-state index contributed by atoms with van der Waals surface area (Å²) in [4.78, 5) is 6.72. The zero-order valence-electron chi connectivity index (χ0n) is 16.3. The number of rotatable bonds is 5. The third kappa shape index (κ3) is 3.83. The maximum Gasteiger partial charge on any atom is 0.170 e. The van der Waals surface area contributed by atoms with Gasteiger partial charge in [0.05, 0.1) is 41.3 Å². The molecule has 0 spiro atoms. The third-order valence-corrected chi connectivity index (χ3v) is 6.25. The number of pyridine rings is 1. The van der Waals surface area contributed by atoms with E-state index in [2.05, 4.69) is 25.8 Å². The SMILES string of the molecule is S=C1N[C@@H](c2ccccn2)[C@H](c2cccn2-c2ccc(Cl)cc2Cl)N1Cc1ccco1. The van der Waals surface area contributed by atoms with Crippen LogP contribution in [0.3, 0.4) is 0 Å². The lowest BCUT2D eigenvalue weighted by Crippen LogP contribution is -2.29. The van der Waals surface area contributed by atoms with Gasteiger partial charge in [-0.2, -0.15) is 0 Å². The number of benzene rings is 1. The van der Waals surface area contributed by atoms with Crippen LogP contribution in [0.1, 0.15) is 29.2 Å². The van der Waals surface area contributed by atoms with Crippen LogP contribution in [0, 0.1) is 0 Å². The van der Waals surface area contributed by atoms with Gasteiger partial charge in [0.2, 0.25) is 0 Å². The quantitative estimate of drug-likeness (QED) is 0.367. The lowest BCUT2D eigenvalue weighted by Gasteiger charge is -2.28. The van der Waals surface area contributed by atoms with E-state index in [4.69, 9.17) is 39.8 Å². The first-order valence-corrected chi connectivity index (χ1v) is 10.9. The molecule has 1 aromatic carbocycles. The standard InChI is InChI=1S/C23H18Cl2N4OS/c24-15-8-9-19(17(25)13-15)28-11-3-7-20(28)22-21(18-6-1-2-10-26-18)27-23(31)29(22)14-16-5-4-12-30-16/h1-13,21-22H,14H2,(H,27,31)/t21-,22-/m0/s1. The fraction of sp³-hybridized carbons (Fsp3) is 0.130. The summed E-state index contributed by atoms with van der Waals surface area (Å²) in [6, 6.07) is 19.0. The molecule has 0 aliphatic carbocycles. The fourth-order valence-electron chi connectivity index (χ4n) is 4.00. The average molecular weight is 469 g/mol. The molecule has 3 aromatic heterocycles. The largest absolute Gasteiger partial charge is 0.467 e. The minimum Gasteiger partial charge on any atom is -0.467 e. The van der Waals surface area contributed by atoms with Gasteiger partial charge in [0, 0.05) is 23.1 Å². The van der Waals surface area contributed by atoms with Crippen molar-refractivity contribution in [3.8, 4) is 5.69 Å². The molecule has 0 unspecified atom stereocenters. The maximum atomic E-state index is 6.55. The van der Waals surface area contributed by atoms with Gasteiger partial charge >= 0.3 is 0 Å². The van der Waals surface area contributed by atoms with Crippen LogP contribution < -0.4 is 5.32 Å². The summed E-state index contributed by atoms with van der Waals surface area (Å²) < 4.78 is 7.68. The van der Waals surface area contributed by atoms with E-state index in [1.54, 1.807) is 18.5 Å². The summed E-state index contributed by atoms with van der Waals surface area (Å²) in [5.74, 6) is 0.832. The normalized spacial score (nSPS) is 18.4. The molecule has 8 heteroatoms. The van der Waals surface area contributed by atoms with Crippen molar-refractivity contribution in [2.75, 3.05) is 0 Å². The van der Waals surface area contributed by atoms with E-state index in [0.717, 1.165) is 22.8 Å². The molecule has 5 rings (SSSR count). The number of nitrogens with zero attached hydrogens (tertiary/aromatic N) is 3. The van der Waals surface area contributed by atoms with E-state index in [1.807, 2.05) is 54.7 Å². The van der Waals surface area contributed by atoms with Crippen molar-refractivity contribution in [3.63, 3.8) is 0 Å². The van der Waals surface area contributed by atoms with E-state index in [-0.39, 0.29) is 12.1 Å². The molecular formula is C23H18Cl2N4OS. The van der Waals surface area contributed by atoms with Gasteiger partial charge in [-0.25, -0.2) is 0 Å². The number of hydrogen-bond acceptors (Lipinski definition) is 3. The van der Waals surface area contributed by atoms with Crippen LogP contribution in [0.2, 0.25) is 10.0 Å². The summed E-state index contributed by atoms with van der Waals surface area (Å²) in [5, 5.41) is 5.27. The van der Waals surface area contributed by atoms with Gasteiger partial charge in [-0.05, 0) is 66.8 Å². The van der Waals surface area contributed by atoms with E-state index >= 15 is 0 Å². The maximum absolute atomic E-state index is 6.55. The van der Waals surface area contributed by atoms with Gasteiger partial charge in [0.25, 0.3) is 0 Å². The van der Waals surface area contributed by atoms with Crippen LogP contribution in [0.4, 0.5) is 0 Å². The topological polar surface area (TPSA) is 46.2 Å². The van der Waals surface area contributed by atoms with E-state index in [1.165, 1.54) is 0 Å². The predicted molar refractivity (Wildman–Crippen MR) is 125 cm³/mol. The molecule has 1 aliphatic rings. The number of nitrogens with one attached hydrogen (secondary N) is 1. The molecule has 1 N–H and O–H groups in total. The van der Waals surface area contributed by atoms with Crippen molar-refractivity contribution in [2.45, 2.75) is 18.6 Å². The Morgan fingerprint density at radius 3 is 2.71 bits per heavy atom. The number of furan rings is 1. The van der Waals surface area contributed by atoms with Crippen molar-refractivity contribution < 1.29 is 4.42 Å². The first-order chi connectivity index (χ1) is 15.1. The highest BCUT2D eigenvalue weighted by Gasteiger charge is 2.41. The minimum absolute atomic E-state index is 0.130. The molecule has 1 aliphatic heterocycles. The predicted octanol–water partition coefficient (Wildman–Crippen LogP) is 5.94. The van der Waals surface area contributed by atoms with Gasteiger partial charge in [-0.1, -0.05) is 29.3 Å². The third-order valence-electron chi connectivity index (χ3n) is 5.36. The van der Waals surface area contributed by atoms with Gasteiger partial charge in [0.15, 0.2) is 5.11 Å². The summed E-state index contributed by atoms with van der Waals surface area (Å²) >= 11 is 18.4. The molecule has 0 bridgehead atoms. The summed E-state index contributed by atoms with van der Waals surface area (Å²) in [6.07, 6.45) is 5.46. The van der Waals surface area contributed by atoms with Gasteiger partial charge in [-0.3, -0.25) is 4.98 Å². The van der Waals surface area contributed by atoms with Crippen LogP contribution >= 0.6 is 35.4 Å². The fourth-order valence-corrected chi connectivity index (χ4v) is 4.80. The number of hydrogen-bond donors (Lipinski definition) is 1. The molecule has 4 aromatic rings. The van der Waals surface area contributed by atoms with E-state index < -0.39 is 0 Å². The van der Waals surface area contributed by atoms with Crippen molar-refractivity contribution >= 4 is 40.5 Å². The average Bonchev–Trinajstić information content (AvgIpc) is 3.50. The molecule has 156 valence electrons. The Bertz CT molecular complexity index is 1210. The zero-order chi connectivity index (χ0) is 21.4. The van der Waals surface area contributed by atoms with E-state index in [0.29, 0.717) is 21.7 Å². The van der Waals surface area contributed by atoms with Crippen molar-refractivity contribution in [1.29, 1.82) is 0 Å². The van der Waals surface area contributed by atoms with Crippen molar-refractivity contribution in [1.82, 2.24) is 19.8 Å². The molecule has 0 saturated carbocycles. The number of aromatic nitrogens is 2. The second-order valence-electron chi connectivity index (χ2n) is 7.23. The van der Waals surface area contributed by atoms with Crippen LogP contribution in [0.15, 0.2) is 83.7 Å². The Morgan fingerprint density at radius 1 is 1.06 bits per heavy atom. The minimum atomic E-state index is -0.136. The Balaban J connectivity index is 1.62. The second kappa shape index (κ2) is 8.38. The summed E-state index contributed by atoms with van der Waals surface area (Å²) in [5.41, 5.74) is 2.78. The molecule has 1 saturated heterocycles. The Hall–Kier alpha value is -2.80. The number of thiocarbonyl (C=S) groups is 1. The Kier molecular flexibility index (Phi) is 5.44. The van der Waals surface area contributed by atoms with Gasteiger partial charge in [-0.15, -0.1) is 0 Å². The lowest BCUT2D eigenvalue weighted by atomic mass is 10.0. The lowest BCUT2D eigenvalue weighted by molar-refractivity contribution is 0.280. The van der Waals surface area contributed by atoms with Crippen molar-refractivity contribution in [3.05, 3.63) is 107 Å². The molecule has 5 nitrogen and oxygen atoms in total.